The summed E-state index contributed by atoms with van der Waals surface area (Å²) in [4.78, 5) is 2.40. The number of nitrogens with one attached hydrogen (secondary N) is 1. The van der Waals surface area contributed by atoms with E-state index in [2.05, 4.69) is 31.2 Å². The summed E-state index contributed by atoms with van der Waals surface area (Å²) < 4.78 is 0. The SMILES string of the molecule is CC(CC1CC1)NC1CCCC(N(C)C)C1. The van der Waals surface area contributed by atoms with Crippen LogP contribution in [0.3, 0.4) is 0 Å². The first-order valence-electron chi connectivity index (χ1n) is 7.07. The van der Waals surface area contributed by atoms with Gasteiger partial charge in [-0.05, 0) is 52.6 Å². The van der Waals surface area contributed by atoms with Crippen LogP contribution in [0.2, 0.25) is 0 Å². The first kappa shape index (κ1) is 12.4. The van der Waals surface area contributed by atoms with Crippen LogP contribution in [-0.4, -0.2) is 37.1 Å². The summed E-state index contributed by atoms with van der Waals surface area (Å²) in [6.45, 7) is 2.37. The van der Waals surface area contributed by atoms with Crippen LogP contribution in [0.1, 0.15) is 51.9 Å². The molecule has 0 heterocycles. The Balaban J connectivity index is 1.71. The molecule has 3 atom stereocenters. The number of rotatable bonds is 5. The maximum atomic E-state index is 3.85. The highest BCUT2D eigenvalue weighted by molar-refractivity contribution is 4.85. The molecule has 0 saturated heterocycles. The highest BCUT2D eigenvalue weighted by atomic mass is 15.1. The quantitative estimate of drug-likeness (QED) is 0.772. The standard InChI is InChI=1S/C14H28N2/c1-11(9-12-7-8-12)15-13-5-4-6-14(10-13)16(2)3/h11-15H,4-10H2,1-3H3. The molecule has 2 rings (SSSR count). The van der Waals surface area contributed by atoms with Crippen molar-refractivity contribution < 1.29 is 0 Å². The van der Waals surface area contributed by atoms with Gasteiger partial charge in [-0.15, -0.1) is 0 Å². The minimum Gasteiger partial charge on any atom is -0.311 e. The van der Waals surface area contributed by atoms with Crippen LogP contribution in [0.15, 0.2) is 0 Å². The van der Waals surface area contributed by atoms with Crippen molar-refractivity contribution in [2.24, 2.45) is 5.92 Å². The van der Waals surface area contributed by atoms with Crippen LogP contribution in [0, 0.1) is 5.92 Å². The van der Waals surface area contributed by atoms with E-state index in [1.165, 1.54) is 44.9 Å². The number of nitrogens with zero attached hydrogens (tertiary/aromatic N) is 1. The molecule has 0 aromatic carbocycles. The maximum absolute atomic E-state index is 3.85. The third-order valence-corrected chi connectivity index (χ3v) is 4.28. The minimum absolute atomic E-state index is 0.735. The first-order chi connectivity index (χ1) is 7.65. The van der Waals surface area contributed by atoms with Gasteiger partial charge in [-0.25, -0.2) is 0 Å². The lowest BCUT2D eigenvalue weighted by Crippen LogP contribution is -2.44. The molecule has 2 saturated carbocycles. The predicted molar refractivity (Wildman–Crippen MR) is 69.7 cm³/mol. The van der Waals surface area contributed by atoms with Gasteiger partial charge >= 0.3 is 0 Å². The van der Waals surface area contributed by atoms with Gasteiger partial charge in [0.2, 0.25) is 0 Å². The monoisotopic (exact) mass is 224 g/mol. The Bertz CT molecular complexity index is 211. The zero-order valence-electron chi connectivity index (χ0n) is 11.2. The summed E-state index contributed by atoms with van der Waals surface area (Å²) in [6.07, 6.45) is 9.90. The van der Waals surface area contributed by atoms with E-state index >= 15 is 0 Å². The normalized spacial score (nSPS) is 33.0. The van der Waals surface area contributed by atoms with Gasteiger partial charge in [0.05, 0.1) is 0 Å². The van der Waals surface area contributed by atoms with Crippen molar-refractivity contribution >= 4 is 0 Å². The summed E-state index contributed by atoms with van der Waals surface area (Å²) in [5.41, 5.74) is 0. The summed E-state index contributed by atoms with van der Waals surface area (Å²) in [7, 11) is 4.45. The van der Waals surface area contributed by atoms with Crippen LogP contribution in [-0.2, 0) is 0 Å². The van der Waals surface area contributed by atoms with Crippen LogP contribution in [0.25, 0.3) is 0 Å². The van der Waals surface area contributed by atoms with E-state index in [-0.39, 0.29) is 0 Å². The van der Waals surface area contributed by atoms with Crippen LogP contribution in [0.4, 0.5) is 0 Å². The van der Waals surface area contributed by atoms with Crippen molar-refractivity contribution in [3.63, 3.8) is 0 Å². The summed E-state index contributed by atoms with van der Waals surface area (Å²) >= 11 is 0. The summed E-state index contributed by atoms with van der Waals surface area (Å²) in [5, 5.41) is 3.85. The molecule has 2 fully saturated rings. The smallest absolute Gasteiger partial charge is 0.0104 e. The molecule has 2 heteroatoms. The van der Waals surface area contributed by atoms with Crippen molar-refractivity contribution in [2.45, 2.75) is 70.0 Å². The van der Waals surface area contributed by atoms with E-state index in [9.17, 15) is 0 Å². The molecule has 1 N–H and O–H groups in total. The Morgan fingerprint density at radius 2 is 1.94 bits per heavy atom. The molecule has 0 aromatic heterocycles. The molecule has 2 aliphatic rings. The molecule has 0 radical (unpaired) electrons. The largest absolute Gasteiger partial charge is 0.311 e. The zero-order chi connectivity index (χ0) is 11.5. The highest BCUT2D eigenvalue weighted by Crippen LogP contribution is 2.33. The zero-order valence-corrected chi connectivity index (χ0v) is 11.2. The van der Waals surface area contributed by atoms with Gasteiger partial charge in [0.15, 0.2) is 0 Å². The van der Waals surface area contributed by atoms with E-state index in [0.717, 1.165) is 24.0 Å². The molecule has 0 aromatic rings. The minimum atomic E-state index is 0.735. The molecule has 2 nitrogen and oxygen atoms in total. The van der Waals surface area contributed by atoms with Crippen molar-refractivity contribution in [2.75, 3.05) is 14.1 Å². The maximum Gasteiger partial charge on any atom is 0.0104 e. The first-order valence-corrected chi connectivity index (χ1v) is 7.07. The Labute approximate surface area is 101 Å². The van der Waals surface area contributed by atoms with Crippen molar-refractivity contribution in [1.29, 1.82) is 0 Å². The van der Waals surface area contributed by atoms with Gasteiger partial charge in [-0.3, -0.25) is 0 Å². The molecule has 0 amide bonds. The second-order valence-electron chi connectivity index (χ2n) is 6.23. The summed E-state index contributed by atoms with van der Waals surface area (Å²) in [5.74, 6) is 1.05. The molecule has 2 aliphatic carbocycles. The second-order valence-corrected chi connectivity index (χ2v) is 6.23. The number of hydrogen-bond acceptors (Lipinski definition) is 2. The van der Waals surface area contributed by atoms with Gasteiger partial charge in [0.1, 0.15) is 0 Å². The van der Waals surface area contributed by atoms with Crippen molar-refractivity contribution in [3.8, 4) is 0 Å². The average Bonchev–Trinajstić information content (AvgIpc) is 3.01. The Hall–Kier alpha value is -0.0800. The van der Waals surface area contributed by atoms with Crippen LogP contribution < -0.4 is 5.32 Å². The Kier molecular flexibility index (Phi) is 4.26. The fourth-order valence-electron chi connectivity index (χ4n) is 3.11. The lowest BCUT2D eigenvalue weighted by molar-refractivity contribution is 0.191. The predicted octanol–water partition coefficient (Wildman–Crippen LogP) is 2.64. The molecular weight excluding hydrogens is 196 g/mol. The molecule has 16 heavy (non-hydrogen) atoms. The van der Waals surface area contributed by atoms with Gasteiger partial charge in [0.25, 0.3) is 0 Å². The van der Waals surface area contributed by atoms with Gasteiger partial charge in [-0.2, -0.15) is 0 Å². The van der Waals surface area contributed by atoms with Gasteiger partial charge < -0.3 is 10.2 Å². The van der Waals surface area contributed by atoms with Crippen LogP contribution >= 0.6 is 0 Å². The number of hydrogen-bond donors (Lipinski definition) is 1. The second kappa shape index (κ2) is 5.50. The molecular formula is C14H28N2. The molecule has 3 unspecified atom stereocenters. The van der Waals surface area contributed by atoms with Crippen molar-refractivity contribution in [1.82, 2.24) is 10.2 Å². The molecule has 0 bridgehead atoms. The van der Waals surface area contributed by atoms with E-state index in [0.29, 0.717) is 0 Å². The third kappa shape index (κ3) is 3.74. The van der Waals surface area contributed by atoms with E-state index in [1.807, 2.05) is 0 Å². The summed E-state index contributed by atoms with van der Waals surface area (Å²) in [6, 6.07) is 2.31. The molecule has 94 valence electrons. The van der Waals surface area contributed by atoms with Gasteiger partial charge in [-0.1, -0.05) is 19.3 Å². The van der Waals surface area contributed by atoms with E-state index < -0.39 is 0 Å². The average molecular weight is 224 g/mol. The fraction of sp³-hybridized carbons (Fsp3) is 1.00. The van der Waals surface area contributed by atoms with E-state index in [1.54, 1.807) is 0 Å². The Morgan fingerprint density at radius 1 is 1.19 bits per heavy atom. The highest BCUT2D eigenvalue weighted by Gasteiger charge is 2.27. The van der Waals surface area contributed by atoms with E-state index in [4.69, 9.17) is 0 Å². The fourth-order valence-corrected chi connectivity index (χ4v) is 3.11. The third-order valence-electron chi connectivity index (χ3n) is 4.28. The molecule has 0 spiro atoms. The molecule has 0 aliphatic heterocycles. The van der Waals surface area contributed by atoms with Gasteiger partial charge in [0, 0.05) is 18.1 Å². The Morgan fingerprint density at radius 3 is 2.56 bits per heavy atom. The van der Waals surface area contributed by atoms with Crippen molar-refractivity contribution in [3.05, 3.63) is 0 Å². The van der Waals surface area contributed by atoms with Crippen LogP contribution in [0.5, 0.6) is 0 Å². The lowest BCUT2D eigenvalue weighted by Gasteiger charge is -2.35. The lowest BCUT2D eigenvalue weighted by atomic mass is 9.89. The topological polar surface area (TPSA) is 15.3 Å².